The summed E-state index contributed by atoms with van der Waals surface area (Å²) in [5.41, 5.74) is 0.856. The van der Waals surface area contributed by atoms with Crippen LogP contribution in [0.4, 0.5) is 0 Å². The van der Waals surface area contributed by atoms with E-state index in [1.807, 2.05) is 12.1 Å². The van der Waals surface area contributed by atoms with Crippen molar-refractivity contribution in [2.75, 3.05) is 0 Å². The molecule has 3 unspecified atom stereocenters. The van der Waals surface area contributed by atoms with E-state index in [-0.39, 0.29) is 0 Å². The molecule has 0 saturated heterocycles. The quantitative estimate of drug-likeness (QED) is 0.748. The number of aliphatic carboxylic acids is 1. The first-order valence-electron chi connectivity index (χ1n) is 4.57. The van der Waals surface area contributed by atoms with Crippen molar-refractivity contribution in [1.29, 1.82) is 0 Å². The smallest absolute Gasteiger partial charge is 0.481 e. The Morgan fingerprint density at radius 2 is 2.07 bits per heavy atom. The molecule has 1 aliphatic carbocycles. The predicted octanol–water partition coefficient (Wildman–Crippen LogP) is 1.51. The number of hydrogen-bond acceptors (Lipinski definition) is 2. The molecule has 1 aliphatic rings. The maximum absolute atomic E-state index is 11.1. The molecule has 3 atom stereocenters. The van der Waals surface area contributed by atoms with E-state index in [1.165, 1.54) is 0 Å². The molecule has 78 valence electrons. The van der Waals surface area contributed by atoms with Crippen molar-refractivity contribution in [3.63, 3.8) is 0 Å². The molecule has 0 heterocycles. The summed E-state index contributed by atoms with van der Waals surface area (Å²) in [5.74, 6) is -1.86. The van der Waals surface area contributed by atoms with Crippen LogP contribution in [0, 0.1) is 0 Å². The number of hydrogen-bond donors (Lipinski definition) is 2. The minimum absolute atomic E-state index is 0.374. The van der Waals surface area contributed by atoms with Gasteiger partial charge < -0.3 is 5.11 Å². The molecule has 1 aromatic rings. The summed E-state index contributed by atoms with van der Waals surface area (Å²) in [4.78, 5) is 20.1. The lowest BCUT2D eigenvalue weighted by Crippen LogP contribution is -2.19. The van der Waals surface area contributed by atoms with Gasteiger partial charge in [-0.2, -0.15) is 4.89 Å². The first-order chi connectivity index (χ1) is 7.11. The first-order valence-corrected chi connectivity index (χ1v) is 5.85. The van der Waals surface area contributed by atoms with Gasteiger partial charge in [-0.3, -0.25) is 4.79 Å². The van der Waals surface area contributed by atoms with Crippen LogP contribution in [0.3, 0.4) is 0 Å². The minimum Gasteiger partial charge on any atom is -0.481 e. The van der Waals surface area contributed by atoms with Crippen LogP contribution in [-0.4, -0.2) is 21.6 Å². The summed E-state index contributed by atoms with van der Waals surface area (Å²) in [6.45, 7) is 0. The van der Waals surface area contributed by atoms with E-state index in [0.29, 0.717) is 12.0 Å². The van der Waals surface area contributed by atoms with E-state index in [9.17, 15) is 9.36 Å². The van der Waals surface area contributed by atoms with Crippen molar-refractivity contribution < 1.29 is 19.4 Å². The van der Waals surface area contributed by atoms with Crippen LogP contribution in [-0.2, 0) is 15.8 Å². The fraction of sp³-hybridized carbons (Fsp3) is 0.300. The molecule has 0 aromatic heterocycles. The van der Waals surface area contributed by atoms with Crippen molar-refractivity contribution in [3.05, 3.63) is 35.4 Å². The second kappa shape index (κ2) is 3.72. The minimum atomic E-state index is -2.45. The van der Waals surface area contributed by atoms with E-state index in [1.54, 1.807) is 12.1 Å². The topological polar surface area (TPSA) is 74.6 Å². The van der Waals surface area contributed by atoms with Crippen LogP contribution in [0.25, 0.3) is 0 Å². The normalized spacial score (nSPS) is 24.7. The highest BCUT2D eigenvalue weighted by Crippen LogP contribution is 2.44. The number of carboxylic acid groups (broad SMARTS) is 1. The molecule has 0 spiro atoms. The Kier molecular flexibility index (Phi) is 2.55. The third-order valence-corrected chi connectivity index (χ3v) is 3.80. The highest BCUT2D eigenvalue weighted by molar-refractivity contribution is 7.39. The average Bonchev–Trinajstić information content (AvgIpc) is 2.56. The van der Waals surface area contributed by atoms with Crippen LogP contribution in [0.1, 0.15) is 17.0 Å². The third-order valence-electron chi connectivity index (χ3n) is 2.75. The fourth-order valence-corrected chi connectivity index (χ4v) is 2.97. The number of carbonyl (C=O) groups is 1. The summed E-state index contributed by atoms with van der Waals surface area (Å²) < 4.78 is 11.1. The highest BCUT2D eigenvalue weighted by Gasteiger charge is 2.48. The van der Waals surface area contributed by atoms with Gasteiger partial charge in [0.1, 0.15) is 5.92 Å². The Balaban J connectivity index is 2.46. The van der Waals surface area contributed by atoms with Crippen molar-refractivity contribution in [2.24, 2.45) is 0 Å². The van der Waals surface area contributed by atoms with Crippen LogP contribution >= 0.6 is 8.03 Å². The fourth-order valence-electron chi connectivity index (χ4n) is 2.08. The van der Waals surface area contributed by atoms with Gasteiger partial charge in [-0.05, 0) is 15.7 Å². The Morgan fingerprint density at radius 1 is 1.40 bits per heavy atom. The molecular weight excluding hydrogens is 215 g/mol. The zero-order valence-corrected chi connectivity index (χ0v) is 8.72. The van der Waals surface area contributed by atoms with Crippen molar-refractivity contribution in [2.45, 2.75) is 18.0 Å². The van der Waals surface area contributed by atoms with Gasteiger partial charge in [-0.1, -0.05) is 24.3 Å². The summed E-state index contributed by atoms with van der Waals surface area (Å²) >= 11 is 0. The van der Waals surface area contributed by atoms with Gasteiger partial charge in [0.2, 0.25) is 5.66 Å². The van der Waals surface area contributed by atoms with Crippen LogP contribution in [0.5, 0.6) is 0 Å². The molecule has 0 radical (unpaired) electrons. The Labute approximate surface area is 87.4 Å². The van der Waals surface area contributed by atoms with Gasteiger partial charge in [0.25, 0.3) is 0 Å². The van der Waals surface area contributed by atoms with Crippen molar-refractivity contribution in [3.8, 4) is 0 Å². The van der Waals surface area contributed by atoms with Gasteiger partial charge >= 0.3 is 14.0 Å². The molecule has 0 fully saturated rings. The maximum atomic E-state index is 11.1. The Hall–Kier alpha value is -1.25. The number of benzene rings is 1. The zero-order valence-electron chi connectivity index (χ0n) is 7.83. The zero-order chi connectivity index (χ0) is 11.0. The summed E-state index contributed by atoms with van der Waals surface area (Å²) in [6, 6.07) is 7.09. The number of carboxylic acids is 1. The van der Waals surface area contributed by atoms with Crippen LogP contribution < -0.4 is 0 Å². The Morgan fingerprint density at radius 3 is 2.67 bits per heavy atom. The molecule has 0 aliphatic heterocycles. The van der Waals surface area contributed by atoms with Gasteiger partial charge in [0, 0.05) is 6.42 Å². The second-order valence-corrected chi connectivity index (χ2v) is 4.86. The van der Waals surface area contributed by atoms with E-state index < -0.39 is 25.6 Å². The highest BCUT2D eigenvalue weighted by atomic mass is 31.1. The number of fused-ring (bicyclic) bond motifs is 1. The summed E-state index contributed by atoms with van der Waals surface area (Å²) in [6.07, 6.45) is 0.374. The largest absolute Gasteiger partial charge is 0.510 e. The van der Waals surface area contributed by atoms with Crippen LogP contribution in [0.2, 0.25) is 0 Å². The molecule has 2 rings (SSSR count). The summed E-state index contributed by atoms with van der Waals surface area (Å²) in [5, 5.41) is 9.04. The maximum Gasteiger partial charge on any atom is 0.510 e. The summed E-state index contributed by atoms with van der Waals surface area (Å²) in [7, 11) is -2.45. The monoisotopic (exact) mass is 225 g/mol. The lowest BCUT2D eigenvalue weighted by atomic mass is 10.0. The van der Waals surface area contributed by atoms with Gasteiger partial charge in [-0.15, -0.1) is 0 Å². The molecule has 2 N–H and O–H groups in total. The molecule has 5 heteroatoms. The van der Waals surface area contributed by atoms with Crippen molar-refractivity contribution >= 4 is 14.0 Å². The van der Waals surface area contributed by atoms with E-state index in [2.05, 4.69) is 0 Å². The SMILES string of the molecule is O=C(O)C1c2ccccc2CC1[P+](=O)O. The van der Waals surface area contributed by atoms with Crippen LogP contribution in [0.15, 0.2) is 24.3 Å². The molecule has 15 heavy (non-hydrogen) atoms. The lowest BCUT2D eigenvalue weighted by molar-refractivity contribution is -0.138. The molecule has 0 saturated carbocycles. The van der Waals surface area contributed by atoms with Gasteiger partial charge in [0.05, 0.1) is 0 Å². The third kappa shape index (κ3) is 1.66. The molecule has 0 bridgehead atoms. The molecule has 4 nitrogen and oxygen atoms in total. The lowest BCUT2D eigenvalue weighted by Gasteiger charge is -2.05. The van der Waals surface area contributed by atoms with E-state index in [0.717, 1.165) is 5.56 Å². The van der Waals surface area contributed by atoms with Gasteiger partial charge in [-0.25, -0.2) is 0 Å². The molecule has 1 aromatic carbocycles. The van der Waals surface area contributed by atoms with Gasteiger partial charge in [0.15, 0.2) is 0 Å². The second-order valence-electron chi connectivity index (χ2n) is 3.59. The first kappa shape index (κ1) is 10.3. The number of rotatable bonds is 2. The predicted molar refractivity (Wildman–Crippen MR) is 54.1 cm³/mol. The van der Waals surface area contributed by atoms with Crippen molar-refractivity contribution in [1.82, 2.24) is 0 Å². The average molecular weight is 225 g/mol. The molecular formula is C10H10O4P+. The van der Waals surface area contributed by atoms with E-state index in [4.69, 9.17) is 10.00 Å². The molecule has 0 amide bonds. The van der Waals surface area contributed by atoms with E-state index >= 15 is 0 Å². The Bertz CT molecular complexity index is 429. The standard InChI is InChI=1S/C10H9O4P/c11-10(12)9-7-4-2-1-3-6(7)5-8(9)15(13)14/h1-4,8-9H,5H2,(H-,11,12,13,14)/p+1.